The number of hydrogen-bond donors (Lipinski definition) is 1. The molecule has 0 saturated heterocycles. The molecule has 0 aliphatic rings. The zero-order chi connectivity index (χ0) is 19.5. The van der Waals surface area contributed by atoms with Gasteiger partial charge in [0.1, 0.15) is 11.3 Å². The summed E-state index contributed by atoms with van der Waals surface area (Å²) in [6.07, 6.45) is 0. The standard InChI is InChI=1S/C23H21NO3S/c1-15-5-7-16(8-6-15)23(21-4-3-11-28-21)24-14-17-12-22(25)27-20-13-18(26-2)9-10-19(17)20/h3-13,23-24H,14H2,1-2H3/t23-/m1/s1. The van der Waals surface area contributed by atoms with Crippen LogP contribution in [0.15, 0.2) is 75.3 Å². The molecule has 0 fully saturated rings. The molecule has 0 saturated carbocycles. The van der Waals surface area contributed by atoms with Gasteiger partial charge in [0.25, 0.3) is 0 Å². The number of fused-ring (bicyclic) bond motifs is 1. The van der Waals surface area contributed by atoms with Crippen molar-refractivity contribution in [2.45, 2.75) is 19.5 Å². The van der Waals surface area contributed by atoms with Crippen molar-refractivity contribution in [3.63, 3.8) is 0 Å². The lowest BCUT2D eigenvalue weighted by Gasteiger charge is -2.19. The summed E-state index contributed by atoms with van der Waals surface area (Å²) in [7, 11) is 1.60. The number of thiophene rings is 1. The Kier molecular flexibility index (Phi) is 5.28. The van der Waals surface area contributed by atoms with E-state index in [1.807, 2.05) is 12.1 Å². The lowest BCUT2D eigenvalue weighted by Crippen LogP contribution is -2.22. The molecule has 28 heavy (non-hydrogen) atoms. The zero-order valence-electron chi connectivity index (χ0n) is 15.8. The third-order valence-electron chi connectivity index (χ3n) is 4.77. The average molecular weight is 391 g/mol. The van der Waals surface area contributed by atoms with Crippen LogP contribution in [0.4, 0.5) is 0 Å². The average Bonchev–Trinajstić information content (AvgIpc) is 3.23. The van der Waals surface area contributed by atoms with E-state index in [4.69, 9.17) is 9.15 Å². The van der Waals surface area contributed by atoms with E-state index < -0.39 is 0 Å². The minimum Gasteiger partial charge on any atom is -0.497 e. The summed E-state index contributed by atoms with van der Waals surface area (Å²) in [6, 6.07) is 19.9. The number of nitrogens with one attached hydrogen (secondary N) is 1. The topological polar surface area (TPSA) is 51.5 Å². The first kappa shape index (κ1) is 18.5. The highest BCUT2D eigenvalue weighted by Crippen LogP contribution is 2.28. The van der Waals surface area contributed by atoms with Crippen LogP contribution < -0.4 is 15.7 Å². The van der Waals surface area contributed by atoms with Crippen LogP contribution in [0.5, 0.6) is 5.75 Å². The molecule has 2 aromatic heterocycles. The zero-order valence-corrected chi connectivity index (χ0v) is 16.6. The Hall–Kier alpha value is -2.89. The van der Waals surface area contributed by atoms with Crippen molar-refractivity contribution in [1.29, 1.82) is 0 Å². The lowest BCUT2D eigenvalue weighted by atomic mass is 10.0. The van der Waals surface area contributed by atoms with Gasteiger partial charge in [-0.1, -0.05) is 35.9 Å². The molecule has 0 amide bonds. The van der Waals surface area contributed by atoms with Crippen molar-refractivity contribution < 1.29 is 9.15 Å². The van der Waals surface area contributed by atoms with E-state index in [2.05, 4.69) is 54.0 Å². The molecule has 0 aliphatic carbocycles. The van der Waals surface area contributed by atoms with Gasteiger partial charge in [-0.2, -0.15) is 0 Å². The third kappa shape index (κ3) is 3.86. The summed E-state index contributed by atoms with van der Waals surface area (Å²) < 4.78 is 10.6. The summed E-state index contributed by atoms with van der Waals surface area (Å²) in [6.45, 7) is 2.63. The molecule has 0 bridgehead atoms. The molecule has 2 heterocycles. The lowest BCUT2D eigenvalue weighted by molar-refractivity contribution is 0.414. The molecule has 0 aliphatic heterocycles. The molecular formula is C23H21NO3S. The Morgan fingerprint density at radius 1 is 1.11 bits per heavy atom. The maximum Gasteiger partial charge on any atom is 0.336 e. The van der Waals surface area contributed by atoms with Crippen LogP contribution in [0.2, 0.25) is 0 Å². The van der Waals surface area contributed by atoms with Gasteiger partial charge >= 0.3 is 5.63 Å². The van der Waals surface area contributed by atoms with Gasteiger partial charge in [0, 0.05) is 28.9 Å². The number of benzene rings is 2. The molecule has 142 valence electrons. The number of ether oxygens (including phenoxy) is 1. The Morgan fingerprint density at radius 3 is 2.64 bits per heavy atom. The maximum atomic E-state index is 12.1. The SMILES string of the molecule is COc1ccc2c(CN[C@H](c3ccc(C)cc3)c3cccs3)cc(=O)oc2c1. The van der Waals surface area contributed by atoms with E-state index in [9.17, 15) is 4.79 Å². The first-order valence-electron chi connectivity index (χ1n) is 9.08. The van der Waals surface area contributed by atoms with Crippen molar-refractivity contribution in [3.8, 4) is 5.75 Å². The van der Waals surface area contributed by atoms with Gasteiger partial charge in [0.15, 0.2) is 0 Å². The van der Waals surface area contributed by atoms with Gasteiger partial charge in [-0.05, 0) is 41.6 Å². The predicted octanol–water partition coefficient (Wildman–Crippen LogP) is 5.05. The Labute approximate surface area is 167 Å². The van der Waals surface area contributed by atoms with Gasteiger partial charge in [-0.15, -0.1) is 11.3 Å². The fraction of sp³-hybridized carbons (Fsp3) is 0.174. The third-order valence-corrected chi connectivity index (χ3v) is 5.71. The van der Waals surface area contributed by atoms with Crippen molar-refractivity contribution in [3.05, 3.63) is 98.0 Å². The van der Waals surface area contributed by atoms with Gasteiger partial charge in [-0.25, -0.2) is 4.79 Å². The summed E-state index contributed by atoms with van der Waals surface area (Å²) >= 11 is 1.72. The van der Waals surface area contributed by atoms with E-state index in [1.165, 1.54) is 16.0 Å². The van der Waals surface area contributed by atoms with Crippen molar-refractivity contribution >= 4 is 22.3 Å². The van der Waals surface area contributed by atoms with E-state index in [1.54, 1.807) is 30.6 Å². The van der Waals surface area contributed by atoms with Gasteiger partial charge in [0.2, 0.25) is 0 Å². The molecule has 1 atom stereocenters. The normalized spacial score (nSPS) is 12.2. The first-order valence-corrected chi connectivity index (χ1v) is 9.96. The van der Waals surface area contributed by atoms with Crippen LogP contribution in [-0.2, 0) is 6.54 Å². The molecule has 0 spiro atoms. The fourth-order valence-electron chi connectivity index (χ4n) is 3.29. The predicted molar refractivity (Wildman–Crippen MR) is 113 cm³/mol. The molecule has 0 unspecified atom stereocenters. The monoisotopic (exact) mass is 391 g/mol. The minimum atomic E-state index is -0.361. The highest BCUT2D eigenvalue weighted by Gasteiger charge is 2.16. The minimum absolute atomic E-state index is 0.0566. The molecule has 2 aromatic carbocycles. The first-order chi connectivity index (χ1) is 13.6. The number of rotatable bonds is 6. The highest BCUT2D eigenvalue weighted by atomic mass is 32.1. The largest absolute Gasteiger partial charge is 0.497 e. The van der Waals surface area contributed by atoms with Crippen LogP contribution in [0.3, 0.4) is 0 Å². The molecule has 4 nitrogen and oxygen atoms in total. The van der Waals surface area contributed by atoms with E-state index in [0.29, 0.717) is 17.9 Å². The van der Waals surface area contributed by atoms with Crippen LogP contribution in [0.25, 0.3) is 11.0 Å². The molecule has 4 aromatic rings. The molecule has 5 heteroatoms. The van der Waals surface area contributed by atoms with E-state index >= 15 is 0 Å². The summed E-state index contributed by atoms with van der Waals surface area (Å²) in [5.41, 5.74) is 3.51. The summed E-state index contributed by atoms with van der Waals surface area (Å²) in [5, 5.41) is 6.61. The molecular weight excluding hydrogens is 370 g/mol. The van der Waals surface area contributed by atoms with Gasteiger partial charge in [-0.3, -0.25) is 0 Å². The fourth-order valence-corrected chi connectivity index (χ4v) is 4.12. The van der Waals surface area contributed by atoms with E-state index in [-0.39, 0.29) is 11.7 Å². The van der Waals surface area contributed by atoms with E-state index in [0.717, 1.165) is 10.9 Å². The molecule has 0 radical (unpaired) electrons. The van der Waals surface area contributed by atoms with Gasteiger partial charge in [0.05, 0.1) is 13.2 Å². The molecule has 1 N–H and O–H groups in total. The second-order valence-electron chi connectivity index (χ2n) is 6.69. The Bertz CT molecular complexity index is 1130. The van der Waals surface area contributed by atoms with Crippen LogP contribution in [0.1, 0.15) is 27.6 Å². The van der Waals surface area contributed by atoms with Crippen LogP contribution in [0, 0.1) is 6.92 Å². The quantitative estimate of drug-likeness (QED) is 0.467. The van der Waals surface area contributed by atoms with Gasteiger partial charge < -0.3 is 14.5 Å². The van der Waals surface area contributed by atoms with Crippen LogP contribution >= 0.6 is 11.3 Å². The number of methoxy groups -OCH3 is 1. The summed E-state index contributed by atoms with van der Waals surface area (Å²) in [4.78, 5) is 13.3. The second kappa shape index (κ2) is 8.00. The van der Waals surface area contributed by atoms with Crippen LogP contribution in [-0.4, -0.2) is 7.11 Å². The van der Waals surface area contributed by atoms with Crippen molar-refractivity contribution in [1.82, 2.24) is 5.32 Å². The van der Waals surface area contributed by atoms with Crippen molar-refractivity contribution in [2.24, 2.45) is 0 Å². The Morgan fingerprint density at radius 2 is 1.93 bits per heavy atom. The Balaban J connectivity index is 1.67. The summed E-state index contributed by atoms with van der Waals surface area (Å²) in [5.74, 6) is 0.664. The number of aryl methyl sites for hydroxylation is 1. The maximum absolute atomic E-state index is 12.1. The number of hydrogen-bond acceptors (Lipinski definition) is 5. The highest BCUT2D eigenvalue weighted by molar-refractivity contribution is 7.10. The molecule has 4 rings (SSSR count). The smallest absolute Gasteiger partial charge is 0.336 e. The van der Waals surface area contributed by atoms with Crippen molar-refractivity contribution in [2.75, 3.05) is 7.11 Å². The second-order valence-corrected chi connectivity index (χ2v) is 7.67.